The number of fused-ring (bicyclic) bond motifs is 3. The molecule has 0 saturated heterocycles. The molecule has 2 heterocycles. The van der Waals surface area contributed by atoms with E-state index >= 15 is 0 Å². The van der Waals surface area contributed by atoms with Crippen molar-refractivity contribution in [1.82, 2.24) is 9.97 Å². The molecule has 1 aliphatic rings. The van der Waals surface area contributed by atoms with Crippen molar-refractivity contribution in [2.75, 3.05) is 5.32 Å². The smallest absolute Gasteiger partial charge is 0.261 e. The number of carbonyl (C=O) groups excluding carboxylic acids is 1. The van der Waals surface area contributed by atoms with E-state index < -0.39 is 0 Å². The van der Waals surface area contributed by atoms with E-state index in [1.165, 1.54) is 4.88 Å². The third-order valence-electron chi connectivity index (χ3n) is 4.09. The number of H-pyrrole nitrogens is 1. The second-order valence-corrected chi connectivity index (χ2v) is 6.71. The van der Waals surface area contributed by atoms with Crippen LogP contribution in [0.1, 0.15) is 33.6 Å². The number of nitrogens with zero attached hydrogens (tertiary/aromatic N) is 1. The monoisotopic (exact) mass is 325 g/mol. The van der Waals surface area contributed by atoms with Crippen LogP contribution in [0.25, 0.3) is 10.2 Å². The fourth-order valence-corrected chi connectivity index (χ4v) is 4.25. The van der Waals surface area contributed by atoms with E-state index in [1.807, 2.05) is 6.07 Å². The highest BCUT2D eigenvalue weighted by molar-refractivity contribution is 7.18. The maximum absolute atomic E-state index is 12.4. The molecule has 116 valence electrons. The van der Waals surface area contributed by atoms with Crippen LogP contribution in [0.3, 0.4) is 0 Å². The third-order valence-corrected chi connectivity index (χ3v) is 5.28. The van der Waals surface area contributed by atoms with Gasteiger partial charge in [-0.15, -0.1) is 11.3 Å². The molecule has 1 aliphatic carbocycles. The van der Waals surface area contributed by atoms with Gasteiger partial charge in [-0.25, -0.2) is 4.98 Å². The molecule has 2 N–H and O–H groups in total. The number of aromatic nitrogens is 2. The molecule has 0 spiro atoms. The van der Waals surface area contributed by atoms with E-state index in [2.05, 4.69) is 15.3 Å². The minimum absolute atomic E-state index is 0.169. The van der Waals surface area contributed by atoms with E-state index in [1.54, 1.807) is 35.6 Å². The molecule has 0 radical (unpaired) electrons. The number of hydrogen-bond donors (Lipinski definition) is 2. The highest BCUT2D eigenvalue weighted by Crippen LogP contribution is 2.33. The number of aromatic amines is 1. The zero-order valence-corrected chi connectivity index (χ0v) is 13.2. The van der Waals surface area contributed by atoms with E-state index in [0.29, 0.717) is 15.8 Å². The second kappa shape index (κ2) is 5.62. The van der Waals surface area contributed by atoms with Crippen LogP contribution in [-0.4, -0.2) is 15.9 Å². The summed E-state index contributed by atoms with van der Waals surface area (Å²) in [5, 5.41) is 3.37. The predicted octanol–water partition coefficient (Wildman–Crippen LogP) is 3.12. The van der Waals surface area contributed by atoms with Crippen molar-refractivity contribution in [3.05, 3.63) is 56.7 Å². The number of benzene rings is 1. The minimum Gasteiger partial charge on any atom is -0.292 e. The van der Waals surface area contributed by atoms with E-state index in [9.17, 15) is 9.59 Å². The zero-order valence-electron chi connectivity index (χ0n) is 12.4. The normalized spacial score (nSPS) is 13.7. The van der Waals surface area contributed by atoms with Crippen LogP contribution in [0.15, 0.2) is 35.1 Å². The van der Waals surface area contributed by atoms with Crippen LogP contribution in [0.4, 0.5) is 5.95 Å². The van der Waals surface area contributed by atoms with Crippen LogP contribution in [0.2, 0.25) is 0 Å². The number of aryl methyl sites for hydroxylation is 2. The van der Waals surface area contributed by atoms with Crippen molar-refractivity contribution in [2.24, 2.45) is 0 Å². The number of carbonyl (C=O) groups is 1. The standard InChI is InChI=1S/C17H15N3O2S/c21-14(10-6-2-1-3-7-10)18-17-19-15(22)13-11-8-4-5-9-12(11)23-16(13)20-17/h1-3,6-7H,4-5,8-9H2,(H2,18,19,20,21,22). The lowest BCUT2D eigenvalue weighted by Crippen LogP contribution is -2.18. The molecule has 23 heavy (non-hydrogen) atoms. The molecule has 1 aromatic carbocycles. The molecular weight excluding hydrogens is 310 g/mol. The first-order valence-electron chi connectivity index (χ1n) is 7.63. The molecule has 3 aromatic rings. The summed E-state index contributed by atoms with van der Waals surface area (Å²) < 4.78 is 0. The maximum Gasteiger partial charge on any atom is 0.261 e. The molecule has 2 aromatic heterocycles. The molecule has 0 bridgehead atoms. The quantitative estimate of drug-likeness (QED) is 0.760. The van der Waals surface area contributed by atoms with Crippen molar-refractivity contribution in [1.29, 1.82) is 0 Å². The van der Waals surface area contributed by atoms with Gasteiger partial charge in [-0.05, 0) is 43.4 Å². The molecule has 6 heteroatoms. The van der Waals surface area contributed by atoms with Crippen molar-refractivity contribution < 1.29 is 4.79 Å². The fourth-order valence-electron chi connectivity index (χ4n) is 2.99. The molecule has 4 rings (SSSR count). The number of nitrogens with one attached hydrogen (secondary N) is 2. The highest BCUT2D eigenvalue weighted by Gasteiger charge is 2.20. The first-order chi connectivity index (χ1) is 11.2. The van der Waals surface area contributed by atoms with Crippen LogP contribution >= 0.6 is 11.3 Å². The van der Waals surface area contributed by atoms with Gasteiger partial charge < -0.3 is 0 Å². The lowest BCUT2D eigenvalue weighted by Gasteiger charge is -2.09. The van der Waals surface area contributed by atoms with Crippen LogP contribution in [0, 0.1) is 0 Å². The van der Waals surface area contributed by atoms with Gasteiger partial charge in [0.05, 0.1) is 5.39 Å². The fraction of sp³-hybridized carbons (Fsp3) is 0.235. The van der Waals surface area contributed by atoms with Gasteiger partial charge in [-0.3, -0.25) is 19.9 Å². The number of thiophene rings is 1. The molecule has 0 saturated carbocycles. The van der Waals surface area contributed by atoms with E-state index in [0.717, 1.165) is 31.2 Å². The van der Waals surface area contributed by atoms with Gasteiger partial charge in [0.1, 0.15) is 4.83 Å². The van der Waals surface area contributed by atoms with Crippen LogP contribution in [0.5, 0.6) is 0 Å². The summed E-state index contributed by atoms with van der Waals surface area (Å²) in [7, 11) is 0. The molecule has 0 atom stereocenters. The van der Waals surface area contributed by atoms with Gasteiger partial charge >= 0.3 is 0 Å². The van der Waals surface area contributed by atoms with Crippen LogP contribution in [-0.2, 0) is 12.8 Å². The first kappa shape index (κ1) is 14.1. The van der Waals surface area contributed by atoms with E-state index in [-0.39, 0.29) is 17.4 Å². The van der Waals surface area contributed by atoms with Crippen molar-refractivity contribution >= 4 is 33.4 Å². The van der Waals surface area contributed by atoms with Gasteiger partial charge in [-0.2, -0.15) is 0 Å². The first-order valence-corrected chi connectivity index (χ1v) is 8.45. The SMILES string of the molecule is O=C(Nc1nc2sc3c(c2c(=O)[nH]1)CCCC3)c1ccccc1. The van der Waals surface area contributed by atoms with Crippen molar-refractivity contribution in [3.63, 3.8) is 0 Å². The number of rotatable bonds is 2. The summed E-state index contributed by atoms with van der Waals surface area (Å²) in [6.07, 6.45) is 4.23. The molecular formula is C17H15N3O2S. The Balaban J connectivity index is 1.72. The number of anilines is 1. The molecule has 0 fully saturated rings. The van der Waals surface area contributed by atoms with Gasteiger partial charge in [-0.1, -0.05) is 18.2 Å². The largest absolute Gasteiger partial charge is 0.292 e. The third kappa shape index (κ3) is 2.55. The maximum atomic E-state index is 12.4. The average molecular weight is 325 g/mol. The lowest BCUT2D eigenvalue weighted by atomic mass is 9.97. The molecule has 0 aliphatic heterocycles. The second-order valence-electron chi connectivity index (χ2n) is 5.63. The summed E-state index contributed by atoms with van der Waals surface area (Å²) in [5.74, 6) is -0.0793. The van der Waals surface area contributed by atoms with Crippen molar-refractivity contribution in [3.8, 4) is 0 Å². The Hall–Kier alpha value is -2.47. The Morgan fingerprint density at radius 2 is 1.96 bits per heavy atom. The average Bonchev–Trinajstić information content (AvgIpc) is 2.94. The number of amides is 1. The van der Waals surface area contributed by atoms with Gasteiger partial charge in [0, 0.05) is 10.4 Å². The molecule has 5 nitrogen and oxygen atoms in total. The lowest BCUT2D eigenvalue weighted by molar-refractivity contribution is 0.102. The summed E-state index contributed by atoms with van der Waals surface area (Å²) >= 11 is 1.57. The van der Waals surface area contributed by atoms with E-state index in [4.69, 9.17) is 0 Å². The van der Waals surface area contributed by atoms with Gasteiger partial charge in [0.25, 0.3) is 11.5 Å². The topological polar surface area (TPSA) is 74.8 Å². The molecule has 1 amide bonds. The zero-order chi connectivity index (χ0) is 15.8. The predicted molar refractivity (Wildman–Crippen MR) is 91.3 cm³/mol. The Morgan fingerprint density at radius 1 is 1.17 bits per heavy atom. The minimum atomic E-state index is -0.283. The van der Waals surface area contributed by atoms with Crippen LogP contribution < -0.4 is 10.9 Å². The Bertz CT molecular complexity index is 944. The highest BCUT2D eigenvalue weighted by atomic mass is 32.1. The summed E-state index contributed by atoms with van der Waals surface area (Å²) in [6, 6.07) is 8.87. The number of hydrogen-bond acceptors (Lipinski definition) is 4. The summed E-state index contributed by atoms with van der Waals surface area (Å²) in [6.45, 7) is 0. The Morgan fingerprint density at radius 3 is 2.78 bits per heavy atom. The van der Waals surface area contributed by atoms with Gasteiger partial charge in [0.15, 0.2) is 0 Å². The summed E-state index contributed by atoms with van der Waals surface area (Å²) in [5.41, 5.74) is 1.50. The Kier molecular flexibility index (Phi) is 3.46. The van der Waals surface area contributed by atoms with Crippen molar-refractivity contribution in [2.45, 2.75) is 25.7 Å². The molecule has 0 unspecified atom stereocenters. The Labute approximate surface area is 136 Å². The van der Waals surface area contributed by atoms with Gasteiger partial charge in [0.2, 0.25) is 5.95 Å². The summed E-state index contributed by atoms with van der Waals surface area (Å²) in [4.78, 5) is 33.7.